The van der Waals surface area contributed by atoms with Gasteiger partial charge in [0.1, 0.15) is 0 Å². The molecule has 2 aromatic rings. The Labute approximate surface area is 176 Å². The molecule has 0 amide bonds. The Morgan fingerprint density at radius 1 is 1.15 bits per heavy atom. The lowest BCUT2D eigenvalue weighted by molar-refractivity contribution is 0.0323. The Kier molecular flexibility index (Phi) is 5.93. The SMILES string of the molecule is CCn1c(-c2ccc(Cl)cc2Cl)nn(CN2CCC[C@H]3CCCC[C@@H]32)c1=S. The second-order valence-electron chi connectivity index (χ2n) is 7.68. The predicted octanol–water partition coefficient (Wildman–Crippen LogP) is 6.02. The van der Waals surface area contributed by atoms with Crippen LogP contribution in [0.5, 0.6) is 0 Å². The fourth-order valence-corrected chi connectivity index (χ4v) is 5.57. The van der Waals surface area contributed by atoms with Crippen LogP contribution in [0, 0.1) is 10.7 Å². The van der Waals surface area contributed by atoms with Crippen LogP contribution in [-0.2, 0) is 13.2 Å². The second kappa shape index (κ2) is 8.24. The minimum Gasteiger partial charge on any atom is -0.300 e. The van der Waals surface area contributed by atoms with Gasteiger partial charge < -0.3 is 4.57 Å². The first-order chi connectivity index (χ1) is 13.1. The number of hydrogen-bond donors (Lipinski definition) is 0. The Morgan fingerprint density at radius 3 is 2.70 bits per heavy atom. The molecule has 2 heterocycles. The van der Waals surface area contributed by atoms with Crippen molar-refractivity contribution in [1.82, 2.24) is 19.2 Å². The van der Waals surface area contributed by atoms with E-state index in [1.54, 1.807) is 6.07 Å². The van der Waals surface area contributed by atoms with Crippen molar-refractivity contribution < 1.29 is 0 Å². The maximum absolute atomic E-state index is 6.45. The molecule has 2 fully saturated rings. The molecule has 7 heteroatoms. The lowest BCUT2D eigenvalue weighted by atomic mass is 9.78. The molecular weight excluding hydrogens is 399 g/mol. The zero-order valence-corrected chi connectivity index (χ0v) is 18.0. The molecule has 1 aliphatic heterocycles. The molecule has 1 aromatic heterocycles. The van der Waals surface area contributed by atoms with Crippen molar-refractivity contribution in [2.45, 2.75) is 64.7 Å². The molecule has 0 N–H and O–H groups in total. The summed E-state index contributed by atoms with van der Waals surface area (Å²) in [6.45, 7) is 4.76. The average Bonchev–Trinajstić information content (AvgIpc) is 2.97. The molecule has 1 saturated heterocycles. The smallest absolute Gasteiger partial charge is 0.199 e. The van der Waals surface area contributed by atoms with Gasteiger partial charge in [0, 0.05) is 29.7 Å². The van der Waals surface area contributed by atoms with Gasteiger partial charge in [-0.05, 0) is 68.9 Å². The number of likely N-dealkylation sites (tertiary alicyclic amines) is 1. The predicted molar refractivity (Wildman–Crippen MR) is 114 cm³/mol. The maximum atomic E-state index is 6.45. The highest BCUT2D eigenvalue weighted by Crippen LogP contribution is 2.36. The molecule has 27 heavy (non-hydrogen) atoms. The van der Waals surface area contributed by atoms with E-state index in [-0.39, 0.29) is 0 Å². The minimum absolute atomic E-state index is 0.606. The number of benzene rings is 1. The van der Waals surface area contributed by atoms with Gasteiger partial charge in [-0.3, -0.25) is 4.90 Å². The van der Waals surface area contributed by atoms with E-state index in [9.17, 15) is 0 Å². The van der Waals surface area contributed by atoms with E-state index in [0.29, 0.717) is 16.1 Å². The van der Waals surface area contributed by atoms with Crippen LogP contribution in [0.15, 0.2) is 18.2 Å². The Hall–Kier alpha value is -0.880. The van der Waals surface area contributed by atoms with Crippen LogP contribution in [-0.4, -0.2) is 31.8 Å². The van der Waals surface area contributed by atoms with Crippen LogP contribution >= 0.6 is 35.4 Å². The lowest BCUT2D eigenvalue weighted by Gasteiger charge is -2.43. The minimum atomic E-state index is 0.606. The van der Waals surface area contributed by atoms with Gasteiger partial charge in [0.25, 0.3) is 0 Å². The molecule has 4 rings (SSSR count). The highest BCUT2D eigenvalue weighted by atomic mass is 35.5. The van der Waals surface area contributed by atoms with E-state index >= 15 is 0 Å². The van der Waals surface area contributed by atoms with E-state index < -0.39 is 0 Å². The van der Waals surface area contributed by atoms with Gasteiger partial charge >= 0.3 is 0 Å². The average molecular weight is 425 g/mol. The van der Waals surface area contributed by atoms with Crippen LogP contribution in [0.25, 0.3) is 11.4 Å². The molecule has 1 aliphatic carbocycles. The number of rotatable bonds is 4. The van der Waals surface area contributed by atoms with E-state index in [1.807, 2.05) is 16.8 Å². The first-order valence-corrected chi connectivity index (χ1v) is 11.1. The van der Waals surface area contributed by atoms with Crippen molar-refractivity contribution in [3.63, 3.8) is 0 Å². The van der Waals surface area contributed by atoms with Gasteiger partial charge in [0.15, 0.2) is 10.6 Å². The summed E-state index contributed by atoms with van der Waals surface area (Å²) in [4.78, 5) is 2.60. The van der Waals surface area contributed by atoms with Gasteiger partial charge in [-0.15, -0.1) is 0 Å². The molecule has 1 aromatic carbocycles. The molecule has 0 unspecified atom stereocenters. The third-order valence-corrected chi connectivity index (χ3v) is 7.06. The summed E-state index contributed by atoms with van der Waals surface area (Å²) in [6.07, 6.45) is 8.07. The third-order valence-electron chi connectivity index (χ3n) is 6.08. The van der Waals surface area contributed by atoms with Crippen molar-refractivity contribution in [3.8, 4) is 11.4 Å². The van der Waals surface area contributed by atoms with Crippen molar-refractivity contribution >= 4 is 35.4 Å². The summed E-state index contributed by atoms with van der Waals surface area (Å²) in [7, 11) is 0. The molecule has 0 bridgehead atoms. The van der Waals surface area contributed by atoms with E-state index in [0.717, 1.165) is 41.8 Å². The number of nitrogens with zero attached hydrogens (tertiary/aromatic N) is 4. The first kappa shape index (κ1) is 19.4. The fourth-order valence-electron chi connectivity index (χ4n) is 4.76. The van der Waals surface area contributed by atoms with Gasteiger partial charge in [-0.25, -0.2) is 4.68 Å². The summed E-state index contributed by atoms with van der Waals surface area (Å²) < 4.78 is 4.81. The largest absolute Gasteiger partial charge is 0.300 e. The molecule has 0 radical (unpaired) electrons. The fraction of sp³-hybridized carbons (Fsp3) is 0.600. The van der Waals surface area contributed by atoms with Crippen molar-refractivity contribution in [1.29, 1.82) is 0 Å². The number of fused-ring (bicyclic) bond motifs is 1. The molecule has 1 saturated carbocycles. The Morgan fingerprint density at radius 2 is 1.93 bits per heavy atom. The molecule has 4 nitrogen and oxygen atoms in total. The van der Waals surface area contributed by atoms with Crippen molar-refractivity contribution in [2.24, 2.45) is 5.92 Å². The number of halogens is 2. The summed E-state index contributed by atoms with van der Waals surface area (Å²) in [6, 6.07) is 6.22. The van der Waals surface area contributed by atoms with Crippen molar-refractivity contribution in [2.75, 3.05) is 6.54 Å². The van der Waals surface area contributed by atoms with Gasteiger partial charge in [0.05, 0.1) is 11.7 Å². The molecule has 2 atom stereocenters. The summed E-state index contributed by atoms with van der Waals surface area (Å²) in [5.74, 6) is 1.67. The monoisotopic (exact) mass is 424 g/mol. The Bertz CT molecular complexity index is 873. The van der Waals surface area contributed by atoms with Gasteiger partial charge in [-0.2, -0.15) is 5.10 Å². The van der Waals surface area contributed by atoms with Crippen LogP contribution in [0.2, 0.25) is 10.0 Å². The topological polar surface area (TPSA) is 26.0 Å². The lowest BCUT2D eigenvalue weighted by Crippen LogP contribution is -2.47. The Balaban J connectivity index is 1.66. The standard InChI is InChI=1S/C20H26Cl2N4S/c1-2-25-19(16-10-9-15(21)12-17(16)22)23-26(20(25)27)13-24-11-5-7-14-6-3-4-8-18(14)24/h9-10,12,14,18H,2-8,11,13H2,1H3/t14-,18+/m1/s1. The highest BCUT2D eigenvalue weighted by Gasteiger charge is 2.33. The molecule has 2 aliphatic rings. The van der Waals surface area contributed by atoms with E-state index in [1.165, 1.54) is 38.5 Å². The molecule has 146 valence electrons. The van der Waals surface area contributed by atoms with Gasteiger partial charge in [0.2, 0.25) is 0 Å². The van der Waals surface area contributed by atoms with Crippen LogP contribution in [0.3, 0.4) is 0 Å². The summed E-state index contributed by atoms with van der Waals surface area (Å²) in [5, 5.41) is 6.11. The van der Waals surface area contributed by atoms with Crippen LogP contribution in [0.1, 0.15) is 45.4 Å². The van der Waals surface area contributed by atoms with Crippen molar-refractivity contribution in [3.05, 3.63) is 33.0 Å². The molecule has 0 spiro atoms. The van der Waals surface area contributed by atoms with E-state index in [2.05, 4.69) is 16.4 Å². The summed E-state index contributed by atoms with van der Waals surface area (Å²) >= 11 is 18.3. The zero-order chi connectivity index (χ0) is 19.0. The molecular formula is C20H26Cl2N4S. The van der Waals surface area contributed by atoms with Gasteiger partial charge in [-0.1, -0.05) is 36.0 Å². The number of aromatic nitrogens is 3. The first-order valence-electron chi connectivity index (χ1n) is 9.95. The zero-order valence-electron chi connectivity index (χ0n) is 15.7. The highest BCUT2D eigenvalue weighted by molar-refractivity contribution is 7.71. The number of hydrogen-bond acceptors (Lipinski definition) is 3. The summed E-state index contributed by atoms with van der Waals surface area (Å²) in [5.41, 5.74) is 0.877. The third kappa shape index (κ3) is 3.84. The van der Waals surface area contributed by atoms with Crippen LogP contribution < -0.4 is 0 Å². The normalized spacial score (nSPS) is 23.4. The second-order valence-corrected chi connectivity index (χ2v) is 8.89. The quantitative estimate of drug-likeness (QED) is 0.561. The van der Waals surface area contributed by atoms with E-state index in [4.69, 9.17) is 40.5 Å². The van der Waals surface area contributed by atoms with Crippen LogP contribution in [0.4, 0.5) is 0 Å². The maximum Gasteiger partial charge on any atom is 0.199 e. The number of piperidine rings is 1.